The summed E-state index contributed by atoms with van der Waals surface area (Å²) < 4.78 is 2.12. The van der Waals surface area contributed by atoms with Crippen LogP contribution in [0.5, 0.6) is 0 Å². The maximum Gasteiger partial charge on any atom is 0.125 e. The van der Waals surface area contributed by atoms with Gasteiger partial charge in [0.1, 0.15) is 6.04 Å². The number of nitrogens with zero attached hydrogens (tertiary/aromatic N) is 3. The molecule has 1 aliphatic heterocycles. The molecular weight excluding hydrogens is 222 g/mol. The molecule has 1 atom stereocenters. The predicted molar refractivity (Wildman–Crippen MR) is 74.1 cm³/mol. The van der Waals surface area contributed by atoms with E-state index in [1.165, 1.54) is 23.4 Å². The molecule has 2 rings (SSSR count). The molecule has 1 aliphatic rings. The Bertz CT molecular complexity index is 568. The van der Waals surface area contributed by atoms with Crippen molar-refractivity contribution in [2.75, 3.05) is 13.1 Å². The van der Waals surface area contributed by atoms with Crippen LogP contribution >= 0.6 is 0 Å². The van der Waals surface area contributed by atoms with Gasteiger partial charge in [-0.1, -0.05) is 12.2 Å². The Labute approximate surface area is 109 Å². The van der Waals surface area contributed by atoms with Gasteiger partial charge in [0.25, 0.3) is 0 Å². The third-order valence-electron chi connectivity index (χ3n) is 3.78. The molecule has 0 aliphatic carbocycles. The van der Waals surface area contributed by atoms with E-state index in [-0.39, 0.29) is 6.04 Å². The summed E-state index contributed by atoms with van der Waals surface area (Å²) in [7, 11) is 2.05. The van der Waals surface area contributed by atoms with Crippen molar-refractivity contribution in [3.63, 3.8) is 0 Å². The van der Waals surface area contributed by atoms with Gasteiger partial charge in [0.05, 0.1) is 6.07 Å². The highest BCUT2D eigenvalue weighted by molar-refractivity contribution is 5.36. The highest BCUT2D eigenvalue weighted by atomic mass is 15.2. The molecule has 0 bridgehead atoms. The molecule has 0 aromatic carbocycles. The van der Waals surface area contributed by atoms with Crippen molar-refractivity contribution in [2.24, 2.45) is 7.05 Å². The zero-order valence-electron chi connectivity index (χ0n) is 11.5. The maximum absolute atomic E-state index is 9.51. The van der Waals surface area contributed by atoms with Gasteiger partial charge in [-0.3, -0.25) is 4.90 Å². The number of aromatic nitrogens is 1. The normalized spacial score (nSPS) is 20.3. The topological polar surface area (TPSA) is 32.0 Å². The molecule has 1 saturated heterocycles. The van der Waals surface area contributed by atoms with E-state index in [9.17, 15) is 5.26 Å². The first-order valence-electron chi connectivity index (χ1n) is 6.64. The van der Waals surface area contributed by atoms with Gasteiger partial charge in [-0.2, -0.15) is 5.26 Å². The van der Waals surface area contributed by atoms with Crippen molar-refractivity contribution in [3.8, 4) is 6.07 Å². The maximum atomic E-state index is 9.51. The van der Waals surface area contributed by atoms with Crippen LogP contribution < -0.4 is 10.6 Å². The Morgan fingerprint density at radius 1 is 1.28 bits per heavy atom. The van der Waals surface area contributed by atoms with E-state index < -0.39 is 0 Å². The van der Waals surface area contributed by atoms with Crippen LogP contribution in [0.4, 0.5) is 0 Å². The van der Waals surface area contributed by atoms with Crippen LogP contribution in [0, 0.1) is 11.3 Å². The molecule has 0 radical (unpaired) electrons. The summed E-state index contributed by atoms with van der Waals surface area (Å²) in [5, 5.41) is 11.9. The first-order chi connectivity index (χ1) is 8.72. The SMILES string of the molecule is C/C=c1/c(C(C#N)N2CCCC2)cn(C)/c1=C/C. The van der Waals surface area contributed by atoms with Gasteiger partial charge in [0.15, 0.2) is 0 Å². The molecular formula is C15H21N3. The van der Waals surface area contributed by atoms with Crippen molar-refractivity contribution in [1.29, 1.82) is 5.26 Å². The number of hydrogen-bond acceptors (Lipinski definition) is 2. The van der Waals surface area contributed by atoms with Gasteiger partial charge in [-0.25, -0.2) is 0 Å². The van der Waals surface area contributed by atoms with E-state index in [0.717, 1.165) is 18.7 Å². The second-order valence-corrected chi connectivity index (χ2v) is 4.85. The molecule has 1 fully saturated rings. The van der Waals surface area contributed by atoms with Crippen molar-refractivity contribution in [1.82, 2.24) is 9.47 Å². The molecule has 18 heavy (non-hydrogen) atoms. The minimum absolute atomic E-state index is 0.0985. The zero-order chi connectivity index (χ0) is 13.1. The Balaban J connectivity index is 2.54. The lowest BCUT2D eigenvalue weighted by Crippen LogP contribution is -2.33. The zero-order valence-corrected chi connectivity index (χ0v) is 11.5. The van der Waals surface area contributed by atoms with E-state index >= 15 is 0 Å². The Kier molecular flexibility index (Phi) is 3.88. The molecule has 1 aromatic heterocycles. The summed E-state index contributed by atoms with van der Waals surface area (Å²) in [6.45, 7) is 6.18. The van der Waals surface area contributed by atoms with Crippen LogP contribution in [-0.4, -0.2) is 22.6 Å². The van der Waals surface area contributed by atoms with Crippen molar-refractivity contribution in [2.45, 2.75) is 32.7 Å². The molecule has 96 valence electrons. The molecule has 1 aromatic rings. The molecule has 1 unspecified atom stereocenters. The summed E-state index contributed by atoms with van der Waals surface area (Å²) in [6, 6.07) is 2.38. The highest BCUT2D eigenvalue weighted by Gasteiger charge is 2.24. The quantitative estimate of drug-likeness (QED) is 0.784. The molecule has 2 heterocycles. The van der Waals surface area contributed by atoms with E-state index in [1.807, 2.05) is 20.9 Å². The second-order valence-electron chi connectivity index (χ2n) is 4.85. The fraction of sp³-hybridized carbons (Fsp3) is 0.533. The fourth-order valence-corrected chi connectivity index (χ4v) is 2.92. The second kappa shape index (κ2) is 5.41. The van der Waals surface area contributed by atoms with Crippen molar-refractivity contribution < 1.29 is 0 Å². The Hall–Kier alpha value is -1.53. The third kappa shape index (κ3) is 2.09. The number of rotatable bonds is 2. The largest absolute Gasteiger partial charge is 0.350 e. The standard InChI is InChI=1S/C15H21N3/c1-4-12-13(11-17(3)14(12)5-2)15(10-16)18-8-6-7-9-18/h4-5,11,15H,6-9H2,1-3H3/b12-4-,14-5+. The minimum atomic E-state index is -0.0985. The number of aryl methyl sites for hydroxylation is 1. The summed E-state index contributed by atoms with van der Waals surface area (Å²) >= 11 is 0. The Morgan fingerprint density at radius 2 is 1.94 bits per heavy atom. The fourth-order valence-electron chi connectivity index (χ4n) is 2.92. The third-order valence-corrected chi connectivity index (χ3v) is 3.78. The first-order valence-corrected chi connectivity index (χ1v) is 6.64. The van der Waals surface area contributed by atoms with Gasteiger partial charge in [0.2, 0.25) is 0 Å². The lowest BCUT2D eigenvalue weighted by Gasteiger charge is -2.20. The molecule has 0 saturated carbocycles. The average molecular weight is 243 g/mol. The molecule has 3 heteroatoms. The predicted octanol–water partition coefficient (Wildman–Crippen LogP) is 1.29. The highest BCUT2D eigenvalue weighted by Crippen LogP contribution is 2.21. The monoisotopic (exact) mass is 243 g/mol. The van der Waals surface area contributed by atoms with Crippen molar-refractivity contribution in [3.05, 3.63) is 22.3 Å². The molecule has 0 spiro atoms. The Morgan fingerprint density at radius 3 is 2.44 bits per heavy atom. The van der Waals surface area contributed by atoms with Crippen LogP contribution in [0.15, 0.2) is 6.20 Å². The van der Waals surface area contributed by atoms with Crippen LogP contribution in [-0.2, 0) is 7.05 Å². The van der Waals surface area contributed by atoms with E-state index in [4.69, 9.17) is 0 Å². The lowest BCUT2D eigenvalue weighted by atomic mass is 10.1. The summed E-state index contributed by atoms with van der Waals surface area (Å²) in [4.78, 5) is 2.29. The van der Waals surface area contributed by atoms with Gasteiger partial charge >= 0.3 is 0 Å². The summed E-state index contributed by atoms with van der Waals surface area (Å²) in [6.07, 6.45) is 8.76. The molecule has 0 amide bonds. The minimum Gasteiger partial charge on any atom is -0.350 e. The van der Waals surface area contributed by atoms with Crippen LogP contribution in [0.3, 0.4) is 0 Å². The van der Waals surface area contributed by atoms with Gasteiger partial charge in [0, 0.05) is 29.4 Å². The lowest BCUT2D eigenvalue weighted by molar-refractivity contribution is 0.293. The van der Waals surface area contributed by atoms with Gasteiger partial charge in [-0.15, -0.1) is 0 Å². The summed E-state index contributed by atoms with van der Waals surface area (Å²) in [5.41, 5.74) is 1.15. The molecule has 0 N–H and O–H groups in total. The average Bonchev–Trinajstić information content (AvgIpc) is 2.98. The summed E-state index contributed by atoms with van der Waals surface area (Å²) in [5.74, 6) is 0. The van der Waals surface area contributed by atoms with Crippen LogP contribution in [0.1, 0.15) is 38.3 Å². The number of nitriles is 1. The number of hydrogen-bond donors (Lipinski definition) is 0. The first kappa shape index (κ1) is 12.9. The van der Waals surface area contributed by atoms with Gasteiger partial charge < -0.3 is 4.57 Å². The van der Waals surface area contributed by atoms with Crippen LogP contribution in [0.2, 0.25) is 0 Å². The van der Waals surface area contributed by atoms with E-state index in [2.05, 4.69) is 33.9 Å². The van der Waals surface area contributed by atoms with Crippen LogP contribution in [0.25, 0.3) is 12.2 Å². The van der Waals surface area contributed by atoms with E-state index in [0.29, 0.717) is 0 Å². The van der Waals surface area contributed by atoms with Crippen molar-refractivity contribution >= 4 is 12.2 Å². The number of likely N-dealkylation sites (tertiary alicyclic amines) is 1. The van der Waals surface area contributed by atoms with E-state index in [1.54, 1.807) is 0 Å². The van der Waals surface area contributed by atoms with Gasteiger partial charge in [-0.05, 0) is 39.8 Å². The molecule has 3 nitrogen and oxygen atoms in total. The smallest absolute Gasteiger partial charge is 0.125 e.